The van der Waals surface area contributed by atoms with E-state index in [1.165, 1.54) is 18.2 Å². The second-order valence-electron chi connectivity index (χ2n) is 5.05. The zero-order valence-corrected chi connectivity index (χ0v) is 12.8. The Morgan fingerprint density at radius 2 is 2.00 bits per heavy atom. The lowest BCUT2D eigenvalue weighted by atomic mass is 10.0. The Morgan fingerprint density at radius 3 is 2.75 bits per heavy atom. The lowest BCUT2D eigenvalue weighted by Gasteiger charge is -2.10. The van der Waals surface area contributed by atoms with Crippen LogP contribution in [0, 0.1) is 17.5 Å². The summed E-state index contributed by atoms with van der Waals surface area (Å²) in [7, 11) is 0. The van der Waals surface area contributed by atoms with E-state index in [1.54, 1.807) is 0 Å². The molecule has 0 radical (unpaired) electrons. The highest BCUT2D eigenvalue weighted by atomic mass is 35.5. The van der Waals surface area contributed by atoms with Gasteiger partial charge in [-0.05, 0) is 24.3 Å². The minimum atomic E-state index is -1.10. The van der Waals surface area contributed by atoms with E-state index in [9.17, 15) is 18.0 Å². The van der Waals surface area contributed by atoms with Crippen LogP contribution in [0.2, 0.25) is 5.02 Å². The van der Waals surface area contributed by atoms with E-state index in [-0.39, 0.29) is 28.4 Å². The first-order valence-electron chi connectivity index (χ1n) is 6.88. The van der Waals surface area contributed by atoms with Crippen molar-refractivity contribution in [3.05, 3.63) is 64.4 Å². The predicted molar refractivity (Wildman–Crippen MR) is 82.4 cm³/mol. The highest BCUT2D eigenvalue weighted by Gasteiger charge is 2.31. The van der Waals surface area contributed by atoms with Crippen LogP contribution in [0.4, 0.5) is 18.9 Å². The Labute approximate surface area is 139 Å². The molecule has 24 heavy (non-hydrogen) atoms. The second kappa shape index (κ2) is 6.52. The number of carbonyl (C=O) groups excluding carboxylic acids is 1. The van der Waals surface area contributed by atoms with Crippen LogP contribution >= 0.6 is 11.6 Å². The number of hydrogen-bond donors (Lipinski definition) is 1. The van der Waals surface area contributed by atoms with Crippen LogP contribution in [0.25, 0.3) is 0 Å². The molecule has 4 nitrogen and oxygen atoms in total. The Balaban J connectivity index is 1.73. The molecule has 1 aliphatic rings. The van der Waals surface area contributed by atoms with Crippen LogP contribution in [0.15, 0.2) is 41.6 Å². The summed E-state index contributed by atoms with van der Waals surface area (Å²) in [4.78, 5) is 17.1. The van der Waals surface area contributed by atoms with Gasteiger partial charge in [0.05, 0.1) is 22.0 Å². The highest BCUT2D eigenvalue weighted by molar-refractivity contribution is 6.34. The molecule has 1 N–H and O–H groups in total. The number of rotatable bonds is 3. The van der Waals surface area contributed by atoms with Crippen molar-refractivity contribution >= 4 is 28.9 Å². The average Bonchev–Trinajstić information content (AvgIpc) is 3.00. The van der Waals surface area contributed by atoms with Gasteiger partial charge in [-0.2, -0.15) is 0 Å². The average molecular weight is 355 g/mol. The van der Waals surface area contributed by atoms with Crippen LogP contribution in [-0.4, -0.2) is 17.7 Å². The lowest BCUT2D eigenvalue weighted by Crippen LogP contribution is -2.28. The fourth-order valence-electron chi connectivity index (χ4n) is 2.25. The quantitative estimate of drug-likeness (QED) is 0.909. The number of carbonyl (C=O) groups is 1. The molecule has 0 fully saturated rings. The van der Waals surface area contributed by atoms with E-state index < -0.39 is 29.5 Å². The Morgan fingerprint density at radius 1 is 1.21 bits per heavy atom. The second-order valence-corrected chi connectivity index (χ2v) is 5.45. The highest BCUT2D eigenvalue weighted by Crippen LogP contribution is 2.26. The number of nitrogens with one attached hydrogen (secondary N) is 1. The molecule has 124 valence electrons. The fourth-order valence-corrected chi connectivity index (χ4v) is 2.52. The van der Waals surface area contributed by atoms with Crippen LogP contribution < -0.4 is 5.32 Å². The van der Waals surface area contributed by atoms with Crippen LogP contribution in [0.1, 0.15) is 12.0 Å². The summed E-state index contributed by atoms with van der Waals surface area (Å²) in [5, 5.41) is 6.02. The molecule has 2 aromatic rings. The maximum atomic E-state index is 13.9. The Kier molecular flexibility index (Phi) is 4.44. The van der Waals surface area contributed by atoms with Crippen molar-refractivity contribution < 1.29 is 22.8 Å². The summed E-state index contributed by atoms with van der Waals surface area (Å²) in [6.45, 7) is 0. The summed E-state index contributed by atoms with van der Waals surface area (Å²) in [5.41, 5.74) is -0.106. The molecule has 1 aliphatic heterocycles. The van der Waals surface area contributed by atoms with Crippen molar-refractivity contribution in [3.63, 3.8) is 0 Å². The number of halogens is 4. The monoisotopic (exact) mass is 354 g/mol. The maximum Gasteiger partial charge on any atom is 0.268 e. The van der Waals surface area contributed by atoms with Crippen molar-refractivity contribution in [2.75, 3.05) is 5.32 Å². The summed E-state index contributed by atoms with van der Waals surface area (Å²) in [6, 6.07) is 6.79. The minimum Gasteiger partial charge on any atom is -0.382 e. The zero-order chi connectivity index (χ0) is 17.3. The van der Waals surface area contributed by atoms with Crippen molar-refractivity contribution in [3.8, 4) is 0 Å². The van der Waals surface area contributed by atoms with Gasteiger partial charge in [0, 0.05) is 12.5 Å². The lowest BCUT2D eigenvalue weighted by molar-refractivity contribution is -0.125. The number of nitrogens with zero attached hydrogens (tertiary/aromatic N) is 1. The Bertz CT molecular complexity index is 822. The maximum absolute atomic E-state index is 13.9. The van der Waals surface area contributed by atoms with Gasteiger partial charge in [0.15, 0.2) is 0 Å². The van der Waals surface area contributed by atoms with Gasteiger partial charge < -0.3 is 10.2 Å². The predicted octanol–water partition coefficient (Wildman–Crippen LogP) is 3.89. The SMILES string of the molecule is O=C(Nc1cc(F)ccc1F)C1CC(c2c(F)cccc2Cl)=NO1. The smallest absolute Gasteiger partial charge is 0.268 e. The molecule has 3 rings (SSSR count). The largest absolute Gasteiger partial charge is 0.382 e. The first-order chi connectivity index (χ1) is 11.5. The zero-order valence-electron chi connectivity index (χ0n) is 12.0. The van der Waals surface area contributed by atoms with Crippen molar-refractivity contribution in [1.29, 1.82) is 0 Å². The van der Waals surface area contributed by atoms with Gasteiger partial charge in [-0.25, -0.2) is 13.2 Å². The molecule has 1 unspecified atom stereocenters. The molecule has 1 atom stereocenters. The van der Waals surface area contributed by atoms with Crippen LogP contribution in [0.3, 0.4) is 0 Å². The normalized spacial score (nSPS) is 16.5. The van der Waals surface area contributed by atoms with Gasteiger partial charge >= 0.3 is 0 Å². The van der Waals surface area contributed by atoms with Crippen molar-refractivity contribution in [2.45, 2.75) is 12.5 Å². The first kappa shape index (κ1) is 16.3. The number of amides is 1. The topological polar surface area (TPSA) is 50.7 Å². The summed E-state index contributed by atoms with van der Waals surface area (Å²) >= 11 is 5.94. The molecule has 0 saturated carbocycles. The van der Waals surface area contributed by atoms with Gasteiger partial charge in [-0.1, -0.05) is 22.8 Å². The molecule has 1 amide bonds. The number of hydrogen-bond acceptors (Lipinski definition) is 3. The third-order valence-electron chi connectivity index (χ3n) is 3.40. The fraction of sp³-hybridized carbons (Fsp3) is 0.125. The van der Waals surface area contributed by atoms with Crippen LogP contribution in [-0.2, 0) is 9.63 Å². The van der Waals surface area contributed by atoms with E-state index in [1.807, 2.05) is 0 Å². The molecule has 0 aromatic heterocycles. The first-order valence-corrected chi connectivity index (χ1v) is 7.26. The van der Waals surface area contributed by atoms with E-state index >= 15 is 0 Å². The number of oxime groups is 1. The van der Waals surface area contributed by atoms with Crippen LogP contribution in [0.5, 0.6) is 0 Å². The third-order valence-corrected chi connectivity index (χ3v) is 3.71. The van der Waals surface area contributed by atoms with Crippen molar-refractivity contribution in [1.82, 2.24) is 0 Å². The van der Waals surface area contributed by atoms with E-state index in [0.29, 0.717) is 0 Å². The number of anilines is 1. The summed E-state index contributed by atoms with van der Waals surface area (Å²) in [6.07, 6.45) is -1.15. The van der Waals surface area contributed by atoms with Gasteiger partial charge in [-0.3, -0.25) is 4.79 Å². The molecule has 0 saturated heterocycles. The molecular weight excluding hydrogens is 345 g/mol. The molecule has 8 heteroatoms. The van der Waals surface area contributed by atoms with Gasteiger partial charge in [0.1, 0.15) is 17.5 Å². The summed E-state index contributed by atoms with van der Waals surface area (Å²) < 4.78 is 40.5. The van der Waals surface area contributed by atoms with Gasteiger partial charge in [-0.15, -0.1) is 0 Å². The minimum absolute atomic E-state index is 0.0476. The van der Waals surface area contributed by atoms with E-state index in [0.717, 1.165) is 18.2 Å². The van der Waals surface area contributed by atoms with E-state index in [4.69, 9.17) is 16.4 Å². The van der Waals surface area contributed by atoms with Gasteiger partial charge in [0.25, 0.3) is 5.91 Å². The standard InChI is InChI=1S/C16H10ClF3N2O2/c17-9-2-1-3-11(20)15(9)13-7-14(24-22-13)16(23)21-12-6-8(18)4-5-10(12)19/h1-6,14H,7H2,(H,21,23). The molecule has 1 heterocycles. The summed E-state index contributed by atoms with van der Waals surface area (Å²) in [5.74, 6) is -2.82. The molecule has 0 bridgehead atoms. The molecule has 0 spiro atoms. The Hall–Kier alpha value is -2.54. The van der Waals surface area contributed by atoms with Gasteiger partial charge in [0.2, 0.25) is 6.10 Å². The molecule has 2 aromatic carbocycles. The van der Waals surface area contributed by atoms with E-state index in [2.05, 4.69) is 10.5 Å². The number of benzene rings is 2. The molecular formula is C16H10ClF3N2O2. The van der Waals surface area contributed by atoms with Crippen molar-refractivity contribution in [2.24, 2.45) is 5.16 Å². The third kappa shape index (κ3) is 3.21. The molecule has 0 aliphatic carbocycles.